The van der Waals surface area contributed by atoms with Crippen LogP contribution < -0.4 is 5.32 Å². The van der Waals surface area contributed by atoms with Gasteiger partial charge in [0.05, 0.1) is 0 Å². The Balaban J connectivity index is 2.08. The fourth-order valence-corrected chi connectivity index (χ4v) is 4.81. The minimum Gasteiger partial charge on any atom is -0.313 e. The number of nitrogens with one attached hydrogen (secondary N) is 1. The molecule has 1 nitrogen and oxygen atoms in total. The van der Waals surface area contributed by atoms with E-state index in [2.05, 4.69) is 26.1 Å². The van der Waals surface area contributed by atoms with E-state index in [1.807, 2.05) is 0 Å². The van der Waals surface area contributed by atoms with Gasteiger partial charge in [-0.1, -0.05) is 59.3 Å². The number of hydrogen-bond donors (Lipinski definition) is 1. The lowest BCUT2D eigenvalue weighted by Gasteiger charge is -2.46. The van der Waals surface area contributed by atoms with Crippen molar-refractivity contribution in [3.05, 3.63) is 0 Å². The van der Waals surface area contributed by atoms with Gasteiger partial charge in [0.15, 0.2) is 0 Å². The molecule has 2 fully saturated rings. The Hall–Kier alpha value is -0.0400. The van der Waals surface area contributed by atoms with Crippen LogP contribution in [0.25, 0.3) is 0 Å². The third kappa shape index (κ3) is 4.23. The summed E-state index contributed by atoms with van der Waals surface area (Å²) in [6.45, 7) is 8.60. The van der Waals surface area contributed by atoms with Crippen molar-refractivity contribution in [2.24, 2.45) is 17.3 Å². The zero-order valence-corrected chi connectivity index (χ0v) is 14.2. The smallest absolute Gasteiger partial charge is 0.0129 e. The summed E-state index contributed by atoms with van der Waals surface area (Å²) in [7, 11) is 0. The second kappa shape index (κ2) is 7.82. The molecule has 1 N–H and O–H groups in total. The quantitative estimate of drug-likeness (QED) is 0.651. The van der Waals surface area contributed by atoms with Gasteiger partial charge in [0.1, 0.15) is 0 Å². The van der Waals surface area contributed by atoms with Crippen molar-refractivity contribution in [2.45, 2.75) is 97.4 Å². The van der Waals surface area contributed by atoms with E-state index in [-0.39, 0.29) is 0 Å². The first kappa shape index (κ1) is 16.3. The molecule has 0 aromatic carbocycles. The summed E-state index contributed by atoms with van der Waals surface area (Å²) in [6.07, 6.45) is 16.0. The lowest BCUT2D eigenvalue weighted by molar-refractivity contribution is 0.0688. The van der Waals surface area contributed by atoms with Crippen LogP contribution in [0.5, 0.6) is 0 Å². The zero-order chi connectivity index (χ0) is 14.4. The normalized spacial score (nSPS) is 29.9. The third-order valence-corrected chi connectivity index (χ3v) is 6.06. The Kier molecular flexibility index (Phi) is 6.39. The largest absolute Gasteiger partial charge is 0.313 e. The molecule has 0 radical (unpaired) electrons. The summed E-state index contributed by atoms with van der Waals surface area (Å²) in [5.41, 5.74) is 0.552. The molecule has 2 aliphatic carbocycles. The van der Waals surface area contributed by atoms with Crippen LogP contribution in [-0.4, -0.2) is 12.6 Å². The molecule has 0 aromatic heterocycles. The molecule has 2 atom stereocenters. The molecule has 0 heterocycles. The van der Waals surface area contributed by atoms with Crippen LogP contribution >= 0.6 is 0 Å². The fraction of sp³-hybridized carbons (Fsp3) is 1.00. The van der Waals surface area contributed by atoms with E-state index in [1.165, 1.54) is 77.2 Å². The van der Waals surface area contributed by atoms with Gasteiger partial charge in [-0.25, -0.2) is 0 Å². The highest BCUT2D eigenvalue weighted by Crippen LogP contribution is 2.45. The summed E-state index contributed by atoms with van der Waals surface area (Å²) >= 11 is 0. The van der Waals surface area contributed by atoms with E-state index < -0.39 is 0 Å². The lowest BCUT2D eigenvalue weighted by Crippen LogP contribution is -2.49. The minimum atomic E-state index is 0.552. The van der Waals surface area contributed by atoms with E-state index in [0.717, 1.165) is 17.9 Å². The topological polar surface area (TPSA) is 12.0 Å². The Labute approximate surface area is 127 Å². The maximum Gasteiger partial charge on any atom is 0.0129 e. The highest BCUT2D eigenvalue weighted by molar-refractivity contribution is 4.93. The van der Waals surface area contributed by atoms with Gasteiger partial charge in [0.25, 0.3) is 0 Å². The maximum atomic E-state index is 3.99. The maximum absolute atomic E-state index is 3.99. The Bertz CT molecular complexity index is 263. The number of hydrogen-bond acceptors (Lipinski definition) is 1. The number of rotatable bonds is 5. The average Bonchev–Trinajstić information content (AvgIpc) is 2.69. The summed E-state index contributed by atoms with van der Waals surface area (Å²) in [4.78, 5) is 0. The van der Waals surface area contributed by atoms with Crippen molar-refractivity contribution in [3.8, 4) is 0 Å². The second-order valence-electron chi connectivity index (χ2n) is 8.07. The van der Waals surface area contributed by atoms with Crippen LogP contribution in [0.2, 0.25) is 0 Å². The van der Waals surface area contributed by atoms with Crippen molar-refractivity contribution in [3.63, 3.8) is 0 Å². The first-order chi connectivity index (χ1) is 9.65. The first-order valence-corrected chi connectivity index (χ1v) is 9.38. The highest BCUT2D eigenvalue weighted by atomic mass is 14.9. The van der Waals surface area contributed by atoms with Crippen LogP contribution in [0.4, 0.5) is 0 Å². The molecular weight excluding hydrogens is 242 g/mol. The molecule has 0 aromatic rings. The predicted octanol–water partition coefficient (Wildman–Crippen LogP) is 5.54. The van der Waals surface area contributed by atoms with Crippen LogP contribution in [0, 0.1) is 17.3 Å². The standard InChI is InChI=1S/C19H37N/c1-4-15-20-18(16-11-7-5-6-8-12-16)17-13-9-10-14-19(17,2)3/h16-18,20H,4-15H2,1-3H3. The van der Waals surface area contributed by atoms with E-state index in [4.69, 9.17) is 0 Å². The van der Waals surface area contributed by atoms with Gasteiger partial charge in [-0.3, -0.25) is 0 Å². The van der Waals surface area contributed by atoms with Crippen molar-refractivity contribution < 1.29 is 0 Å². The molecule has 0 aliphatic heterocycles. The van der Waals surface area contributed by atoms with Crippen LogP contribution in [0.1, 0.15) is 91.4 Å². The van der Waals surface area contributed by atoms with Crippen LogP contribution in [0.3, 0.4) is 0 Å². The van der Waals surface area contributed by atoms with Gasteiger partial charge in [-0.05, 0) is 55.9 Å². The van der Waals surface area contributed by atoms with Gasteiger partial charge in [-0.2, -0.15) is 0 Å². The summed E-state index contributed by atoms with van der Waals surface area (Å²) in [5, 5.41) is 3.99. The molecule has 0 bridgehead atoms. The van der Waals surface area contributed by atoms with Gasteiger partial charge >= 0.3 is 0 Å². The highest BCUT2D eigenvalue weighted by Gasteiger charge is 2.40. The third-order valence-electron chi connectivity index (χ3n) is 6.06. The average molecular weight is 280 g/mol. The zero-order valence-electron chi connectivity index (χ0n) is 14.2. The minimum absolute atomic E-state index is 0.552. The molecule has 0 saturated heterocycles. The molecular formula is C19H37N. The molecule has 2 saturated carbocycles. The molecule has 2 aliphatic rings. The fourth-order valence-electron chi connectivity index (χ4n) is 4.81. The SMILES string of the molecule is CCCNC(C1CCCCCC1)C1CCCCC1(C)C. The Morgan fingerprint density at radius 2 is 1.60 bits per heavy atom. The van der Waals surface area contributed by atoms with E-state index in [9.17, 15) is 0 Å². The van der Waals surface area contributed by atoms with Crippen molar-refractivity contribution in [1.29, 1.82) is 0 Å². The van der Waals surface area contributed by atoms with Gasteiger partial charge in [-0.15, -0.1) is 0 Å². The lowest BCUT2D eigenvalue weighted by atomic mass is 9.63. The van der Waals surface area contributed by atoms with Gasteiger partial charge in [0, 0.05) is 6.04 Å². The Morgan fingerprint density at radius 3 is 2.20 bits per heavy atom. The van der Waals surface area contributed by atoms with Crippen LogP contribution in [0.15, 0.2) is 0 Å². The molecule has 2 rings (SSSR count). The van der Waals surface area contributed by atoms with Crippen molar-refractivity contribution in [2.75, 3.05) is 6.54 Å². The summed E-state index contributed by atoms with van der Waals surface area (Å²) in [6, 6.07) is 0.795. The monoisotopic (exact) mass is 279 g/mol. The van der Waals surface area contributed by atoms with Crippen LogP contribution in [-0.2, 0) is 0 Å². The van der Waals surface area contributed by atoms with Gasteiger partial charge in [0.2, 0.25) is 0 Å². The molecule has 118 valence electrons. The summed E-state index contributed by atoms with van der Waals surface area (Å²) in [5.74, 6) is 1.86. The van der Waals surface area contributed by atoms with E-state index in [1.54, 1.807) is 0 Å². The van der Waals surface area contributed by atoms with E-state index >= 15 is 0 Å². The molecule has 1 heteroatoms. The van der Waals surface area contributed by atoms with Crippen molar-refractivity contribution >= 4 is 0 Å². The Morgan fingerprint density at radius 1 is 0.950 bits per heavy atom. The predicted molar refractivity (Wildman–Crippen MR) is 89.0 cm³/mol. The molecule has 2 unspecified atom stereocenters. The molecule has 0 spiro atoms. The first-order valence-electron chi connectivity index (χ1n) is 9.38. The molecule has 0 amide bonds. The van der Waals surface area contributed by atoms with E-state index in [0.29, 0.717) is 5.41 Å². The van der Waals surface area contributed by atoms with Gasteiger partial charge < -0.3 is 5.32 Å². The second-order valence-corrected chi connectivity index (χ2v) is 8.07. The van der Waals surface area contributed by atoms with Crippen molar-refractivity contribution in [1.82, 2.24) is 5.32 Å². The molecule has 20 heavy (non-hydrogen) atoms. The summed E-state index contributed by atoms with van der Waals surface area (Å²) < 4.78 is 0.